The second-order valence-corrected chi connectivity index (χ2v) is 11.4. The number of benzene rings is 3. The summed E-state index contributed by atoms with van der Waals surface area (Å²) in [6.07, 6.45) is 8.29. The van der Waals surface area contributed by atoms with Crippen molar-refractivity contribution in [1.29, 1.82) is 0 Å². The lowest BCUT2D eigenvalue weighted by Gasteiger charge is -2.29. The van der Waals surface area contributed by atoms with Crippen LogP contribution in [0.2, 0.25) is 0 Å². The molecule has 4 aromatic rings. The van der Waals surface area contributed by atoms with Gasteiger partial charge in [-0.05, 0) is 90.6 Å². The van der Waals surface area contributed by atoms with Crippen LogP contribution in [0.3, 0.4) is 0 Å². The lowest BCUT2D eigenvalue weighted by molar-refractivity contribution is -0.134. The summed E-state index contributed by atoms with van der Waals surface area (Å²) in [6.45, 7) is -0.115. The molecule has 3 aromatic carbocycles. The van der Waals surface area contributed by atoms with Crippen molar-refractivity contribution >= 4 is 33.6 Å². The minimum absolute atomic E-state index is 0.0460. The Kier molecular flexibility index (Phi) is 7.84. The molecule has 0 saturated heterocycles. The van der Waals surface area contributed by atoms with Crippen LogP contribution >= 0.6 is 15.9 Å². The molecule has 0 radical (unpaired) electrons. The summed E-state index contributed by atoms with van der Waals surface area (Å²) >= 11 is 3.43. The van der Waals surface area contributed by atoms with E-state index in [0.29, 0.717) is 0 Å². The van der Waals surface area contributed by atoms with Gasteiger partial charge in [0, 0.05) is 22.8 Å². The van der Waals surface area contributed by atoms with Gasteiger partial charge in [0.25, 0.3) is 5.91 Å². The number of allylic oxidation sites excluding steroid dienone is 1. The first kappa shape index (κ1) is 27.8. The van der Waals surface area contributed by atoms with E-state index < -0.39 is 0 Å². The quantitative estimate of drug-likeness (QED) is 0.243. The Balaban J connectivity index is 1.34. The van der Waals surface area contributed by atoms with Crippen LogP contribution in [-0.2, 0) is 11.3 Å². The molecule has 1 amide bonds. The maximum atomic E-state index is 13.9. The maximum Gasteiger partial charge on any atom is 0.333 e. The molecule has 2 unspecified atom stereocenters. The van der Waals surface area contributed by atoms with E-state index in [2.05, 4.69) is 22.0 Å². The first-order chi connectivity index (χ1) is 20.4. The molecule has 1 aliphatic heterocycles. The van der Waals surface area contributed by atoms with E-state index in [4.69, 9.17) is 14.6 Å². The Bertz CT molecular complexity index is 1700. The second-order valence-electron chi connectivity index (χ2n) is 10.4. The molecule has 9 heteroatoms. The zero-order valence-electron chi connectivity index (χ0n) is 23.4. The molecule has 2 atom stereocenters. The maximum absolute atomic E-state index is 13.9. The highest BCUT2D eigenvalue weighted by Crippen LogP contribution is 2.44. The van der Waals surface area contributed by atoms with Gasteiger partial charge in [0.2, 0.25) is 0 Å². The molecular formula is C33H31BrN4O4. The van der Waals surface area contributed by atoms with Crippen LogP contribution in [0.4, 0.5) is 0 Å². The minimum Gasteiger partial charge on any atom is -0.497 e. The number of nitrogens with zero attached hydrogens (tertiary/aromatic N) is 4. The Hall–Kier alpha value is -4.37. The Morgan fingerprint density at radius 3 is 2.29 bits per heavy atom. The highest BCUT2D eigenvalue weighted by atomic mass is 79.9. The summed E-state index contributed by atoms with van der Waals surface area (Å²) in [5.74, 6) is 1.36. The lowest BCUT2D eigenvalue weighted by Crippen LogP contribution is -2.36. The molecule has 0 bridgehead atoms. The fraction of sp³-hybridized carbons (Fsp3) is 0.242. The third-order valence-electron chi connectivity index (χ3n) is 7.93. The second kappa shape index (κ2) is 11.9. The van der Waals surface area contributed by atoms with Crippen molar-refractivity contribution in [1.82, 2.24) is 14.1 Å². The van der Waals surface area contributed by atoms with Crippen molar-refractivity contribution in [3.8, 4) is 17.2 Å². The first-order valence-electron chi connectivity index (χ1n) is 13.9. The van der Waals surface area contributed by atoms with E-state index in [0.717, 1.165) is 63.3 Å². The number of halogens is 1. The van der Waals surface area contributed by atoms with Gasteiger partial charge in [0.1, 0.15) is 18.0 Å². The molecule has 2 aliphatic rings. The van der Waals surface area contributed by atoms with Gasteiger partial charge in [-0.25, -0.2) is 9.80 Å². The van der Waals surface area contributed by atoms with Crippen molar-refractivity contribution in [3.63, 3.8) is 0 Å². The predicted octanol–water partition coefficient (Wildman–Crippen LogP) is 6.24. The topological polar surface area (TPSA) is 78.1 Å². The smallest absolute Gasteiger partial charge is 0.333 e. The van der Waals surface area contributed by atoms with Crippen molar-refractivity contribution in [2.24, 2.45) is 11.0 Å². The monoisotopic (exact) mass is 626 g/mol. The number of amides is 1. The number of carbonyl (C=O) groups excluding carboxylic acids is 1. The van der Waals surface area contributed by atoms with E-state index in [1.807, 2.05) is 72.8 Å². The molecule has 0 N–H and O–H groups in total. The first-order valence-corrected chi connectivity index (χ1v) is 14.7. The van der Waals surface area contributed by atoms with Crippen molar-refractivity contribution < 1.29 is 14.3 Å². The molecule has 1 aliphatic carbocycles. The molecular weight excluding hydrogens is 596 g/mol. The summed E-state index contributed by atoms with van der Waals surface area (Å²) in [7, 11) is 3.29. The zero-order valence-corrected chi connectivity index (χ0v) is 25.0. The van der Waals surface area contributed by atoms with Gasteiger partial charge in [0.05, 0.1) is 31.7 Å². The van der Waals surface area contributed by atoms with Crippen LogP contribution in [-0.4, -0.2) is 40.0 Å². The molecule has 42 heavy (non-hydrogen) atoms. The highest BCUT2D eigenvalue weighted by molar-refractivity contribution is 9.10. The van der Waals surface area contributed by atoms with Gasteiger partial charge in [-0.1, -0.05) is 40.2 Å². The number of hydrogen-bond acceptors (Lipinski definition) is 5. The average Bonchev–Trinajstić information content (AvgIpc) is 3.59. The predicted molar refractivity (Wildman–Crippen MR) is 166 cm³/mol. The van der Waals surface area contributed by atoms with Crippen LogP contribution in [0.5, 0.6) is 11.5 Å². The molecule has 214 valence electrons. The largest absolute Gasteiger partial charge is 0.497 e. The fourth-order valence-corrected chi connectivity index (χ4v) is 6.06. The van der Waals surface area contributed by atoms with E-state index >= 15 is 0 Å². The van der Waals surface area contributed by atoms with Crippen LogP contribution in [0, 0.1) is 5.92 Å². The van der Waals surface area contributed by atoms with E-state index in [1.165, 1.54) is 9.13 Å². The van der Waals surface area contributed by atoms with Gasteiger partial charge in [-0.2, -0.15) is 5.10 Å². The standard InChI is InChI=1S/C33H31BrN4O4/c1-41-27-14-6-22(7-15-27)20-24-4-3-5-29-31(24)35-38(32(29)23-8-16-28(42-2)17-9-23)30(39)21-36-18-19-37(33(36)40)26-12-10-25(34)11-13-26/h6-20,29,32H,3-5,21H2,1-2H3/b24-20-. The van der Waals surface area contributed by atoms with Crippen molar-refractivity contribution in [2.45, 2.75) is 31.8 Å². The molecule has 8 nitrogen and oxygen atoms in total. The Morgan fingerprint density at radius 1 is 0.952 bits per heavy atom. The van der Waals surface area contributed by atoms with E-state index in [9.17, 15) is 9.59 Å². The summed E-state index contributed by atoms with van der Waals surface area (Å²) in [4.78, 5) is 27.2. The number of aromatic nitrogens is 2. The molecule has 1 aromatic heterocycles. The van der Waals surface area contributed by atoms with Crippen molar-refractivity contribution in [3.05, 3.63) is 117 Å². The number of fused-ring (bicyclic) bond motifs is 1. The fourth-order valence-electron chi connectivity index (χ4n) is 5.79. The lowest BCUT2D eigenvalue weighted by atomic mass is 9.77. The normalized spacial score (nSPS) is 19.0. The number of hydrazone groups is 1. The summed E-state index contributed by atoms with van der Waals surface area (Å²) in [5, 5.41) is 6.57. The number of hydrogen-bond donors (Lipinski definition) is 0. The third-order valence-corrected chi connectivity index (χ3v) is 8.46. The molecule has 1 fully saturated rings. The Labute approximate surface area is 252 Å². The molecule has 2 heterocycles. The summed E-state index contributed by atoms with van der Waals surface area (Å²) in [5.41, 5.74) is 4.55. The van der Waals surface area contributed by atoms with Gasteiger partial charge in [-0.3, -0.25) is 13.9 Å². The van der Waals surface area contributed by atoms with E-state index in [1.54, 1.807) is 31.6 Å². The van der Waals surface area contributed by atoms with Crippen LogP contribution in [0.1, 0.15) is 36.4 Å². The van der Waals surface area contributed by atoms with Gasteiger partial charge >= 0.3 is 5.69 Å². The summed E-state index contributed by atoms with van der Waals surface area (Å²) in [6, 6.07) is 22.9. The molecule has 6 rings (SSSR count). The average molecular weight is 628 g/mol. The van der Waals surface area contributed by atoms with Crippen LogP contribution in [0.25, 0.3) is 11.8 Å². The van der Waals surface area contributed by atoms with E-state index in [-0.39, 0.29) is 30.1 Å². The number of rotatable bonds is 7. The van der Waals surface area contributed by atoms with Gasteiger partial charge in [-0.15, -0.1) is 0 Å². The Morgan fingerprint density at radius 2 is 1.62 bits per heavy atom. The number of ether oxygens (including phenoxy) is 2. The minimum atomic E-state index is -0.281. The SMILES string of the molecule is COc1ccc(/C=C2/CCCC3C2=NN(C(=O)Cn2ccn(-c4ccc(Br)cc4)c2=O)C3c2ccc(OC)cc2)cc1. The third kappa shape index (κ3) is 5.44. The van der Waals surface area contributed by atoms with Crippen LogP contribution < -0.4 is 15.2 Å². The highest BCUT2D eigenvalue weighted by Gasteiger charge is 2.43. The summed E-state index contributed by atoms with van der Waals surface area (Å²) < 4.78 is 14.6. The number of imidazole rings is 1. The van der Waals surface area contributed by atoms with Crippen molar-refractivity contribution in [2.75, 3.05) is 14.2 Å². The number of carbonyl (C=O) groups is 1. The van der Waals surface area contributed by atoms with Crippen LogP contribution in [0.15, 0.2) is 105 Å². The van der Waals surface area contributed by atoms with Gasteiger partial charge < -0.3 is 9.47 Å². The molecule has 1 saturated carbocycles. The molecule has 0 spiro atoms. The number of methoxy groups -OCH3 is 2. The zero-order chi connectivity index (χ0) is 29.2. The van der Waals surface area contributed by atoms with Gasteiger partial charge in [0.15, 0.2) is 0 Å².